The summed E-state index contributed by atoms with van der Waals surface area (Å²) in [6.07, 6.45) is -2.09. The summed E-state index contributed by atoms with van der Waals surface area (Å²) < 4.78 is 51.4. The third-order valence-corrected chi connectivity index (χ3v) is 4.55. The molecule has 2 aromatic carbocycles. The zero-order valence-corrected chi connectivity index (χ0v) is 13.1. The number of hydrogen-bond donors (Lipinski definition) is 0. The largest absolute Gasteiger partial charge is 0.497 e. The van der Waals surface area contributed by atoms with Gasteiger partial charge in [-0.2, -0.15) is 13.2 Å². The molecular weight excluding hydrogens is 333 g/mol. The van der Waals surface area contributed by atoms with Gasteiger partial charge in [-0.25, -0.2) is 0 Å². The number of alkyl halides is 3. The van der Waals surface area contributed by atoms with Crippen molar-refractivity contribution in [2.45, 2.75) is 18.2 Å². The van der Waals surface area contributed by atoms with Crippen LogP contribution in [0, 0.1) is 0 Å². The smallest absolute Gasteiger partial charge is 0.416 e. The number of carbonyl (C=O) groups excluding carboxylic acids is 1. The summed E-state index contributed by atoms with van der Waals surface area (Å²) in [7, 11) is 1.46. The highest BCUT2D eigenvalue weighted by Crippen LogP contribution is 2.46. The van der Waals surface area contributed by atoms with Crippen LogP contribution in [0.5, 0.6) is 11.5 Å². The minimum absolute atomic E-state index is 0.0269. The fourth-order valence-corrected chi connectivity index (χ4v) is 3.43. The number of Topliss-reactive ketones (excluding diaryl/α,β-unsaturated/α-hetero) is 1. The van der Waals surface area contributed by atoms with E-state index in [0.29, 0.717) is 17.1 Å². The molecule has 0 bridgehead atoms. The molecule has 6 heteroatoms. The molecule has 0 saturated carbocycles. The summed E-state index contributed by atoms with van der Waals surface area (Å²) in [4.78, 5) is 13.0. The van der Waals surface area contributed by atoms with Crippen LogP contribution in [0.15, 0.2) is 42.5 Å². The molecule has 4 rings (SSSR count). The Labute approximate surface area is 141 Å². The van der Waals surface area contributed by atoms with Crippen molar-refractivity contribution in [3.05, 3.63) is 64.7 Å². The van der Waals surface area contributed by atoms with Crippen LogP contribution >= 0.6 is 0 Å². The molecule has 0 saturated heterocycles. The molecule has 2 aromatic rings. The van der Waals surface area contributed by atoms with Crippen LogP contribution in [0.25, 0.3) is 6.08 Å². The summed E-state index contributed by atoms with van der Waals surface area (Å²) >= 11 is 0. The summed E-state index contributed by atoms with van der Waals surface area (Å²) in [6, 6.07) is 8.67. The first-order valence-corrected chi connectivity index (χ1v) is 7.67. The number of carbonyl (C=O) groups is 1. The highest BCUT2D eigenvalue weighted by Gasteiger charge is 2.45. The van der Waals surface area contributed by atoms with E-state index in [9.17, 15) is 18.0 Å². The summed E-state index contributed by atoms with van der Waals surface area (Å²) in [5.41, 5.74) is -0.202. The molecule has 1 aliphatic carbocycles. The first-order valence-electron chi connectivity index (χ1n) is 7.67. The van der Waals surface area contributed by atoms with Gasteiger partial charge in [0.1, 0.15) is 17.6 Å². The second kappa shape index (κ2) is 5.37. The van der Waals surface area contributed by atoms with Gasteiger partial charge in [-0.3, -0.25) is 4.79 Å². The molecule has 3 nitrogen and oxygen atoms in total. The number of ether oxygens (including phenoxy) is 2. The predicted octanol–water partition coefficient (Wildman–Crippen LogP) is 4.47. The molecule has 2 aliphatic rings. The lowest BCUT2D eigenvalue weighted by Crippen LogP contribution is -2.37. The van der Waals surface area contributed by atoms with E-state index in [2.05, 4.69) is 0 Å². The lowest BCUT2D eigenvalue weighted by Gasteiger charge is -2.35. The maximum absolute atomic E-state index is 13.5. The Kier molecular flexibility index (Phi) is 3.39. The minimum atomic E-state index is -4.55. The Morgan fingerprint density at radius 3 is 2.68 bits per heavy atom. The van der Waals surface area contributed by atoms with Gasteiger partial charge < -0.3 is 9.47 Å². The highest BCUT2D eigenvalue weighted by molar-refractivity contribution is 6.06. The molecule has 0 fully saturated rings. The molecule has 0 amide bonds. The molecule has 128 valence electrons. The van der Waals surface area contributed by atoms with Crippen LogP contribution in [-0.2, 0) is 6.18 Å². The lowest BCUT2D eigenvalue weighted by atomic mass is 9.76. The van der Waals surface area contributed by atoms with Crippen molar-refractivity contribution in [3.63, 3.8) is 0 Å². The van der Waals surface area contributed by atoms with Gasteiger partial charge in [-0.15, -0.1) is 0 Å². The quantitative estimate of drug-likeness (QED) is 0.764. The molecule has 0 spiro atoms. The standard InChI is InChI=1S/C19H13F3O3/c1-24-11-6-8-14-12(9-11)18(23)17-15(25-14)7-5-10-3-2-4-13(16(10)17)19(20,21)22/h2-9,15,17H,1H3. The third kappa shape index (κ3) is 2.40. The Hall–Kier alpha value is -2.76. The van der Waals surface area contributed by atoms with Crippen molar-refractivity contribution in [1.29, 1.82) is 0 Å². The van der Waals surface area contributed by atoms with Gasteiger partial charge in [-0.1, -0.05) is 18.2 Å². The van der Waals surface area contributed by atoms with E-state index in [0.717, 1.165) is 6.07 Å². The average molecular weight is 346 g/mol. The van der Waals surface area contributed by atoms with E-state index in [1.807, 2.05) is 0 Å². The van der Waals surface area contributed by atoms with Crippen molar-refractivity contribution in [2.24, 2.45) is 0 Å². The second-order valence-corrected chi connectivity index (χ2v) is 5.95. The van der Waals surface area contributed by atoms with Crippen LogP contribution in [-0.4, -0.2) is 19.0 Å². The fourth-order valence-electron chi connectivity index (χ4n) is 3.43. The predicted molar refractivity (Wildman–Crippen MR) is 85.0 cm³/mol. The normalized spacial score (nSPS) is 21.0. The molecule has 0 aromatic heterocycles. The topological polar surface area (TPSA) is 35.5 Å². The van der Waals surface area contributed by atoms with Crippen LogP contribution in [0.3, 0.4) is 0 Å². The van der Waals surface area contributed by atoms with Crippen molar-refractivity contribution in [3.8, 4) is 11.5 Å². The maximum Gasteiger partial charge on any atom is 0.416 e. The van der Waals surface area contributed by atoms with Gasteiger partial charge >= 0.3 is 6.18 Å². The molecule has 2 unspecified atom stereocenters. The summed E-state index contributed by atoms with van der Waals surface area (Å²) in [5.74, 6) is -0.626. The molecule has 2 atom stereocenters. The van der Waals surface area contributed by atoms with Crippen molar-refractivity contribution >= 4 is 11.9 Å². The average Bonchev–Trinajstić information content (AvgIpc) is 2.60. The summed E-state index contributed by atoms with van der Waals surface area (Å²) in [6.45, 7) is 0. The molecular formula is C19H13F3O3. The van der Waals surface area contributed by atoms with E-state index >= 15 is 0 Å². The second-order valence-electron chi connectivity index (χ2n) is 5.95. The van der Waals surface area contributed by atoms with Gasteiger partial charge in [0.2, 0.25) is 0 Å². The van der Waals surface area contributed by atoms with E-state index in [1.54, 1.807) is 30.4 Å². The van der Waals surface area contributed by atoms with Gasteiger partial charge in [0.15, 0.2) is 5.78 Å². The molecule has 0 N–H and O–H groups in total. The Balaban J connectivity index is 1.91. The number of hydrogen-bond acceptors (Lipinski definition) is 3. The van der Waals surface area contributed by atoms with Crippen LogP contribution < -0.4 is 9.47 Å². The Morgan fingerprint density at radius 1 is 1.16 bits per heavy atom. The van der Waals surface area contributed by atoms with E-state index in [1.165, 1.54) is 19.2 Å². The number of benzene rings is 2. The maximum atomic E-state index is 13.5. The Morgan fingerprint density at radius 2 is 1.96 bits per heavy atom. The third-order valence-electron chi connectivity index (χ3n) is 4.55. The Bertz CT molecular complexity index is 899. The van der Waals surface area contributed by atoms with Gasteiger partial charge in [-0.05, 0) is 41.5 Å². The van der Waals surface area contributed by atoms with Crippen molar-refractivity contribution in [2.75, 3.05) is 7.11 Å². The van der Waals surface area contributed by atoms with E-state index < -0.39 is 29.5 Å². The van der Waals surface area contributed by atoms with Gasteiger partial charge in [0.25, 0.3) is 0 Å². The molecule has 1 heterocycles. The SMILES string of the molecule is COc1ccc2c(c1)C(=O)C1c3c(cccc3C(F)(F)F)C=CC1O2. The zero-order valence-electron chi connectivity index (χ0n) is 13.1. The molecule has 1 aliphatic heterocycles. The number of methoxy groups -OCH3 is 1. The van der Waals surface area contributed by atoms with Crippen molar-refractivity contribution < 1.29 is 27.4 Å². The molecule has 25 heavy (non-hydrogen) atoms. The first-order chi connectivity index (χ1) is 11.9. The summed E-state index contributed by atoms with van der Waals surface area (Å²) in [5, 5.41) is 0. The molecule has 0 radical (unpaired) electrons. The minimum Gasteiger partial charge on any atom is -0.497 e. The lowest BCUT2D eigenvalue weighted by molar-refractivity contribution is -0.138. The van der Waals surface area contributed by atoms with E-state index in [4.69, 9.17) is 9.47 Å². The zero-order chi connectivity index (χ0) is 17.8. The van der Waals surface area contributed by atoms with Gasteiger partial charge in [0, 0.05) is 0 Å². The van der Waals surface area contributed by atoms with Gasteiger partial charge in [0.05, 0.1) is 24.2 Å². The number of ketones is 1. The number of rotatable bonds is 1. The number of halogens is 3. The van der Waals surface area contributed by atoms with Crippen LogP contribution in [0.4, 0.5) is 13.2 Å². The fraction of sp³-hybridized carbons (Fsp3) is 0.211. The monoisotopic (exact) mass is 346 g/mol. The highest BCUT2D eigenvalue weighted by atomic mass is 19.4. The van der Waals surface area contributed by atoms with Crippen molar-refractivity contribution in [1.82, 2.24) is 0 Å². The van der Waals surface area contributed by atoms with E-state index in [-0.39, 0.29) is 11.1 Å². The van der Waals surface area contributed by atoms with Crippen LogP contribution in [0.2, 0.25) is 0 Å². The number of fused-ring (bicyclic) bond motifs is 4. The first kappa shape index (κ1) is 15.7. The van der Waals surface area contributed by atoms with Crippen LogP contribution in [0.1, 0.15) is 33.0 Å².